The van der Waals surface area contributed by atoms with Gasteiger partial charge in [0.1, 0.15) is 11.6 Å². The average molecular weight is 459 g/mol. The summed E-state index contributed by atoms with van der Waals surface area (Å²) in [6.07, 6.45) is -2.60. The number of anilines is 1. The van der Waals surface area contributed by atoms with Gasteiger partial charge in [0.05, 0.1) is 36.1 Å². The van der Waals surface area contributed by atoms with Crippen molar-refractivity contribution in [1.29, 1.82) is 5.26 Å². The molecule has 1 aliphatic heterocycles. The molecule has 10 heteroatoms. The minimum atomic E-state index is -4.76. The van der Waals surface area contributed by atoms with Crippen molar-refractivity contribution in [2.75, 3.05) is 11.9 Å². The van der Waals surface area contributed by atoms with Crippen LogP contribution in [0.3, 0.4) is 0 Å². The van der Waals surface area contributed by atoms with E-state index in [2.05, 4.69) is 10.3 Å². The Morgan fingerprint density at radius 1 is 1.24 bits per heavy atom. The van der Waals surface area contributed by atoms with Gasteiger partial charge in [0.2, 0.25) is 5.91 Å². The van der Waals surface area contributed by atoms with Crippen molar-refractivity contribution in [2.24, 2.45) is 4.99 Å². The second-order valence-corrected chi connectivity index (χ2v) is 7.02. The standard InChI is InChI=1S/C23H17F4N3O3/c1-2-33-20-10-21(31)29-12-17(20)16-6-3-13(7-19(16)24)8-22(32)30-15-5-4-14(11-28)18(9-15)23(25,26)27/h3-7,9-10,12,17H,2,8H2,1H3,(H,30,32). The van der Waals surface area contributed by atoms with Crippen molar-refractivity contribution < 1.29 is 31.9 Å². The van der Waals surface area contributed by atoms with Crippen LogP contribution in [0.25, 0.3) is 0 Å². The first kappa shape index (κ1) is 23.7. The number of hydrogen-bond acceptors (Lipinski definition) is 4. The van der Waals surface area contributed by atoms with E-state index in [0.29, 0.717) is 6.07 Å². The molecule has 33 heavy (non-hydrogen) atoms. The third-order valence-electron chi connectivity index (χ3n) is 4.73. The van der Waals surface area contributed by atoms with Crippen molar-refractivity contribution in [3.8, 4) is 6.07 Å². The molecule has 0 radical (unpaired) electrons. The molecule has 1 heterocycles. The fourth-order valence-corrected chi connectivity index (χ4v) is 3.28. The number of benzene rings is 2. The van der Waals surface area contributed by atoms with E-state index >= 15 is 0 Å². The Labute approximate surface area is 186 Å². The van der Waals surface area contributed by atoms with Gasteiger partial charge in [0.25, 0.3) is 5.91 Å². The van der Waals surface area contributed by atoms with Crippen LogP contribution in [0.15, 0.2) is 53.2 Å². The molecule has 2 amide bonds. The molecule has 0 saturated heterocycles. The first-order chi connectivity index (χ1) is 15.6. The first-order valence-electron chi connectivity index (χ1n) is 9.74. The highest BCUT2D eigenvalue weighted by Gasteiger charge is 2.34. The van der Waals surface area contributed by atoms with Crippen LogP contribution < -0.4 is 5.32 Å². The van der Waals surface area contributed by atoms with Crippen molar-refractivity contribution >= 4 is 23.7 Å². The molecule has 0 aliphatic carbocycles. The van der Waals surface area contributed by atoms with Crippen molar-refractivity contribution in [3.05, 3.63) is 76.3 Å². The Balaban J connectivity index is 1.75. The van der Waals surface area contributed by atoms with Gasteiger partial charge in [-0.15, -0.1) is 0 Å². The number of nitrogens with one attached hydrogen (secondary N) is 1. The zero-order valence-electron chi connectivity index (χ0n) is 17.2. The van der Waals surface area contributed by atoms with Crippen molar-refractivity contribution in [2.45, 2.75) is 25.4 Å². The summed E-state index contributed by atoms with van der Waals surface area (Å²) in [5.74, 6) is -2.29. The molecule has 3 rings (SSSR count). The van der Waals surface area contributed by atoms with E-state index in [9.17, 15) is 27.2 Å². The average Bonchev–Trinajstić information content (AvgIpc) is 2.74. The Morgan fingerprint density at radius 2 is 2.00 bits per heavy atom. The first-order valence-corrected chi connectivity index (χ1v) is 9.74. The summed E-state index contributed by atoms with van der Waals surface area (Å²) >= 11 is 0. The topological polar surface area (TPSA) is 91.5 Å². The molecule has 170 valence electrons. The van der Waals surface area contributed by atoms with Gasteiger partial charge in [-0.05, 0) is 36.8 Å². The van der Waals surface area contributed by atoms with E-state index in [1.807, 2.05) is 0 Å². The van der Waals surface area contributed by atoms with E-state index in [1.165, 1.54) is 36.6 Å². The molecule has 2 aromatic carbocycles. The van der Waals surface area contributed by atoms with Gasteiger partial charge >= 0.3 is 6.18 Å². The third kappa shape index (κ3) is 5.63. The number of rotatable bonds is 6. The summed E-state index contributed by atoms with van der Waals surface area (Å²) in [6, 6.07) is 8.33. The predicted molar refractivity (Wildman–Crippen MR) is 111 cm³/mol. The summed E-state index contributed by atoms with van der Waals surface area (Å²) in [5, 5.41) is 11.2. The van der Waals surface area contributed by atoms with Crippen LogP contribution in [0.5, 0.6) is 0 Å². The van der Waals surface area contributed by atoms with E-state index in [-0.39, 0.29) is 35.6 Å². The minimum Gasteiger partial charge on any atom is -0.497 e. The summed E-state index contributed by atoms with van der Waals surface area (Å²) in [4.78, 5) is 27.4. The Bertz CT molecular complexity index is 1200. The van der Waals surface area contributed by atoms with Gasteiger partial charge in [-0.2, -0.15) is 18.4 Å². The van der Waals surface area contributed by atoms with Crippen molar-refractivity contribution in [3.63, 3.8) is 0 Å². The lowest BCUT2D eigenvalue weighted by atomic mass is 9.94. The van der Waals surface area contributed by atoms with Gasteiger partial charge < -0.3 is 10.1 Å². The van der Waals surface area contributed by atoms with E-state index in [4.69, 9.17) is 10.00 Å². The molecule has 1 unspecified atom stereocenters. The van der Waals surface area contributed by atoms with Gasteiger partial charge in [-0.1, -0.05) is 12.1 Å². The van der Waals surface area contributed by atoms with Gasteiger partial charge in [0.15, 0.2) is 0 Å². The molecule has 1 atom stereocenters. The fourth-order valence-electron chi connectivity index (χ4n) is 3.28. The number of aliphatic imine (C=N–C) groups is 1. The maximum absolute atomic E-state index is 14.8. The summed E-state index contributed by atoms with van der Waals surface area (Å²) in [5.41, 5.74) is -1.39. The zero-order chi connectivity index (χ0) is 24.2. The number of amides is 2. The number of hydrogen-bond donors (Lipinski definition) is 1. The van der Waals surface area contributed by atoms with Gasteiger partial charge in [-0.3, -0.25) is 9.59 Å². The number of halogens is 4. The van der Waals surface area contributed by atoms with Crippen LogP contribution in [0.1, 0.15) is 35.1 Å². The molecule has 0 fully saturated rings. The smallest absolute Gasteiger partial charge is 0.417 e. The number of carbonyl (C=O) groups is 2. The van der Waals surface area contributed by atoms with Crippen molar-refractivity contribution in [1.82, 2.24) is 0 Å². The number of allylic oxidation sites excluding steroid dienone is 1. The second kappa shape index (κ2) is 9.65. The molecule has 2 aromatic rings. The summed E-state index contributed by atoms with van der Waals surface area (Å²) < 4.78 is 59.4. The lowest BCUT2D eigenvalue weighted by Crippen LogP contribution is -2.17. The third-order valence-corrected chi connectivity index (χ3v) is 4.73. The van der Waals surface area contributed by atoms with Crippen LogP contribution in [-0.4, -0.2) is 24.6 Å². The minimum absolute atomic E-state index is 0.141. The molecule has 1 aliphatic rings. The Hall–Kier alpha value is -4.00. The van der Waals surface area contributed by atoms with Gasteiger partial charge in [-0.25, -0.2) is 9.38 Å². The quantitative estimate of drug-likeness (QED) is 0.644. The number of dihydropyridines is 1. The number of nitrogens with zero attached hydrogens (tertiary/aromatic N) is 2. The highest BCUT2D eigenvalue weighted by Crippen LogP contribution is 2.34. The number of nitriles is 1. The summed E-state index contributed by atoms with van der Waals surface area (Å²) in [7, 11) is 0. The largest absolute Gasteiger partial charge is 0.497 e. The fraction of sp³-hybridized carbons (Fsp3) is 0.217. The monoisotopic (exact) mass is 459 g/mol. The van der Waals surface area contributed by atoms with Crippen LogP contribution in [0.2, 0.25) is 0 Å². The molecule has 0 bridgehead atoms. The molecule has 1 N–H and O–H groups in total. The molecule has 0 aromatic heterocycles. The molecule has 6 nitrogen and oxygen atoms in total. The Morgan fingerprint density at radius 3 is 2.64 bits per heavy atom. The lowest BCUT2D eigenvalue weighted by Gasteiger charge is -2.20. The SMILES string of the molecule is CCOC1=CC(=O)N=CC1c1ccc(CC(=O)Nc2ccc(C#N)c(C(F)(F)F)c2)cc1F. The maximum atomic E-state index is 14.8. The number of ether oxygens (including phenoxy) is 1. The van der Waals surface area contributed by atoms with E-state index in [1.54, 1.807) is 6.92 Å². The maximum Gasteiger partial charge on any atom is 0.417 e. The molecular formula is C23H17F4N3O3. The highest BCUT2D eigenvalue weighted by atomic mass is 19.4. The van der Waals surface area contributed by atoms with Gasteiger partial charge in [0, 0.05) is 23.5 Å². The normalized spacial score (nSPS) is 15.6. The molecule has 0 saturated carbocycles. The van der Waals surface area contributed by atoms with E-state index < -0.39 is 40.9 Å². The second-order valence-electron chi connectivity index (χ2n) is 7.02. The molecule has 0 spiro atoms. The highest BCUT2D eigenvalue weighted by molar-refractivity contribution is 5.99. The number of carbonyl (C=O) groups excluding carboxylic acids is 2. The lowest BCUT2D eigenvalue weighted by molar-refractivity contribution is -0.137. The van der Waals surface area contributed by atoms with E-state index in [0.717, 1.165) is 12.1 Å². The van der Waals surface area contributed by atoms with Crippen LogP contribution >= 0.6 is 0 Å². The molecular weight excluding hydrogens is 442 g/mol. The zero-order valence-corrected chi connectivity index (χ0v) is 17.2. The summed E-state index contributed by atoms with van der Waals surface area (Å²) in [6.45, 7) is 1.99. The van der Waals surface area contributed by atoms with Crippen LogP contribution in [0.4, 0.5) is 23.2 Å². The Kier molecular flexibility index (Phi) is 6.92. The number of alkyl halides is 3. The van der Waals surface area contributed by atoms with Crippen LogP contribution in [0, 0.1) is 17.1 Å². The van der Waals surface area contributed by atoms with Crippen LogP contribution in [-0.2, 0) is 26.9 Å². The predicted octanol–water partition coefficient (Wildman–Crippen LogP) is 4.51.